The quantitative estimate of drug-likeness (QED) is 0.926. The van der Waals surface area contributed by atoms with Crippen molar-refractivity contribution >= 4 is 29.1 Å². The van der Waals surface area contributed by atoms with Crippen LogP contribution in [0.15, 0.2) is 24.3 Å². The van der Waals surface area contributed by atoms with Crippen molar-refractivity contribution in [3.8, 4) is 0 Å². The van der Waals surface area contributed by atoms with Crippen LogP contribution in [0.1, 0.15) is 6.42 Å². The SMILES string of the molecule is O=C(Nc1ccccc1Cl)C1CC1C(=O)N1CCOCC1. The highest BCUT2D eigenvalue weighted by Gasteiger charge is 2.49. The first kappa shape index (κ1) is 14.4. The summed E-state index contributed by atoms with van der Waals surface area (Å²) in [5.74, 6) is -0.491. The molecule has 0 spiro atoms. The Labute approximate surface area is 128 Å². The highest BCUT2D eigenvalue weighted by molar-refractivity contribution is 6.33. The third-order valence-electron chi connectivity index (χ3n) is 3.90. The number of benzene rings is 1. The van der Waals surface area contributed by atoms with Crippen LogP contribution in [0.2, 0.25) is 5.02 Å². The van der Waals surface area contributed by atoms with Crippen molar-refractivity contribution in [1.82, 2.24) is 4.90 Å². The van der Waals surface area contributed by atoms with Crippen molar-refractivity contribution < 1.29 is 14.3 Å². The number of para-hydroxylation sites is 1. The molecule has 0 aromatic heterocycles. The molecular formula is C15H17ClN2O3. The van der Waals surface area contributed by atoms with Crippen LogP contribution >= 0.6 is 11.6 Å². The van der Waals surface area contributed by atoms with Crippen molar-refractivity contribution in [2.75, 3.05) is 31.6 Å². The van der Waals surface area contributed by atoms with Gasteiger partial charge in [-0.25, -0.2) is 0 Å². The van der Waals surface area contributed by atoms with E-state index in [2.05, 4.69) is 5.32 Å². The first-order valence-electron chi connectivity index (χ1n) is 7.09. The maximum atomic E-state index is 12.3. The number of nitrogens with zero attached hydrogens (tertiary/aromatic N) is 1. The Morgan fingerprint density at radius 2 is 1.90 bits per heavy atom. The van der Waals surface area contributed by atoms with Gasteiger partial charge >= 0.3 is 0 Å². The minimum Gasteiger partial charge on any atom is -0.378 e. The lowest BCUT2D eigenvalue weighted by molar-refractivity contribution is -0.137. The van der Waals surface area contributed by atoms with Gasteiger partial charge in [0.15, 0.2) is 0 Å². The molecule has 3 rings (SSSR count). The molecule has 1 aliphatic carbocycles. The summed E-state index contributed by atoms with van der Waals surface area (Å²) in [6.07, 6.45) is 0.618. The summed E-state index contributed by atoms with van der Waals surface area (Å²) >= 11 is 6.01. The summed E-state index contributed by atoms with van der Waals surface area (Å²) in [4.78, 5) is 26.2. The fourth-order valence-electron chi connectivity index (χ4n) is 2.56. The third kappa shape index (κ3) is 3.19. The van der Waals surface area contributed by atoms with E-state index in [9.17, 15) is 9.59 Å². The molecule has 1 heterocycles. The van der Waals surface area contributed by atoms with Crippen molar-refractivity contribution in [1.29, 1.82) is 0 Å². The van der Waals surface area contributed by atoms with Gasteiger partial charge in [0.1, 0.15) is 0 Å². The zero-order valence-corrected chi connectivity index (χ0v) is 12.3. The lowest BCUT2D eigenvalue weighted by Crippen LogP contribution is -2.42. The second-order valence-electron chi connectivity index (χ2n) is 5.36. The maximum Gasteiger partial charge on any atom is 0.228 e. The third-order valence-corrected chi connectivity index (χ3v) is 4.23. The van der Waals surface area contributed by atoms with Gasteiger partial charge in [-0.2, -0.15) is 0 Å². The van der Waals surface area contributed by atoms with Crippen LogP contribution in [-0.2, 0) is 14.3 Å². The fraction of sp³-hybridized carbons (Fsp3) is 0.467. The molecule has 2 aliphatic rings. The first-order chi connectivity index (χ1) is 10.2. The van der Waals surface area contributed by atoms with E-state index in [4.69, 9.17) is 16.3 Å². The van der Waals surface area contributed by atoms with Gasteiger partial charge in [0.2, 0.25) is 11.8 Å². The number of carbonyl (C=O) groups is 2. The average molecular weight is 309 g/mol. The number of hydrogen-bond acceptors (Lipinski definition) is 3. The number of halogens is 1. The minimum absolute atomic E-state index is 0.0672. The number of amides is 2. The first-order valence-corrected chi connectivity index (χ1v) is 7.46. The van der Waals surface area contributed by atoms with Gasteiger partial charge in [0, 0.05) is 13.1 Å². The van der Waals surface area contributed by atoms with E-state index in [-0.39, 0.29) is 23.7 Å². The Morgan fingerprint density at radius 3 is 2.62 bits per heavy atom. The van der Waals surface area contributed by atoms with E-state index in [1.165, 1.54) is 0 Å². The number of hydrogen-bond donors (Lipinski definition) is 1. The molecule has 1 N–H and O–H groups in total. The molecule has 6 heteroatoms. The van der Waals surface area contributed by atoms with Gasteiger partial charge in [-0.1, -0.05) is 23.7 Å². The second-order valence-corrected chi connectivity index (χ2v) is 5.76. The van der Waals surface area contributed by atoms with Gasteiger partial charge in [-0.05, 0) is 18.6 Å². The molecule has 1 saturated carbocycles. The van der Waals surface area contributed by atoms with Gasteiger partial charge < -0.3 is 15.0 Å². The molecule has 1 aliphatic heterocycles. The Morgan fingerprint density at radius 1 is 1.19 bits per heavy atom. The van der Waals surface area contributed by atoms with Crippen molar-refractivity contribution in [2.45, 2.75) is 6.42 Å². The second kappa shape index (κ2) is 6.03. The summed E-state index contributed by atoms with van der Waals surface area (Å²) in [5, 5.41) is 3.30. The van der Waals surface area contributed by atoms with Gasteiger partial charge in [-0.15, -0.1) is 0 Å². The predicted molar refractivity (Wildman–Crippen MR) is 79.1 cm³/mol. The molecule has 5 nitrogen and oxygen atoms in total. The van der Waals surface area contributed by atoms with Crippen LogP contribution in [0.25, 0.3) is 0 Å². The van der Waals surface area contributed by atoms with Crippen LogP contribution in [-0.4, -0.2) is 43.0 Å². The average Bonchev–Trinajstić information content (AvgIpc) is 3.30. The Hall–Kier alpha value is -1.59. The molecule has 1 aromatic rings. The number of nitrogens with one attached hydrogen (secondary N) is 1. The van der Waals surface area contributed by atoms with E-state index in [0.29, 0.717) is 43.4 Å². The molecule has 0 bridgehead atoms. The maximum absolute atomic E-state index is 12.3. The highest BCUT2D eigenvalue weighted by atomic mass is 35.5. The normalized spacial score (nSPS) is 24.5. The summed E-state index contributed by atoms with van der Waals surface area (Å²) in [6, 6.07) is 7.09. The van der Waals surface area contributed by atoms with Crippen LogP contribution in [0.5, 0.6) is 0 Å². The molecule has 2 unspecified atom stereocenters. The van der Waals surface area contributed by atoms with Crippen molar-refractivity contribution in [3.05, 3.63) is 29.3 Å². The van der Waals surface area contributed by atoms with E-state index in [1.807, 2.05) is 6.07 Å². The van der Waals surface area contributed by atoms with Gasteiger partial charge in [-0.3, -0.25) is 9.59 Å². The van der Waals surface area contributed by atoms with E-state index in [0.717, 1.165) is 0 Å². The summed E-state index contributed by atoms with van der Waals surface area (Å²) in [5.41, 5.74) is 0.591. The summed E-state index contributed by atoms with van der Waals surface area (Å²) < 4.78 is 5.23. The minimum atomic E-state index is -0.239. The molecule has 1 aromatic carbocycles. The molecule has 21 heavy (non-hydrogen) atoms. The van der Waals surface area contributed by atoms with Crippen molar-refractivity contribution in [2.24, 2.45) is 11.8 Å². The molecule has 0 radical (unpaired) electrons. The Balaban J connectivity index is 1.56. The molecular weight excluding hydrogens is 292 g/mol. The smallest absolute Gasteiger partial charge is 0.228 e. The summed E-state index contributed by atoms with van der Waals surface area (Å²) in [6.45, 7) is 2.40. The topological polar surface area (TPSA) is 58.6 Å². The largest absolute Gasteiger partial charge is 0.378 e. The van der Waals surface area contributed by atoms with Crippen LogP contribution in [0.3, 0.4) is 0 Å². The van der Waals surface area contributed by atoms with E-state index >= 15 is 0 Å². The Kier molecular flexibility index (Phi) is 4.12. The van der Waals surface area contributed by atoms with Gasteiger partial charge in [0.05, 0.1) is 35.8 Å². The zero-order chi connectivity index (χ0) is 14.8. The lowest BCUT2D eigenvalue weighted by Gasteiger charge is -2.27. The van der Waals surface area contributed by atoms with E-state index in [1.54, 1.807) is 23.1 Å². The van der Waals surface area contributed by atoms with Crippen LogP contribution in [0.4, 0.5) is 5.69 Å². The number of rotatable bonds is 3. The number of carbonyl (C=O) groups excluding carboxylic acids is 2. The number of anilines is 1. The molecule has 2 fully saturated rings. The Bertz CT molecular complexity index is 558. The molecule has 112 valence electrons. The zero-order valence-electron chi connectivity index (χ0n) is 11.5. The standard InChI is InChI=1S/C15H17ClN2O3/c16-12-3-1-2-4-13(12)17-14(19)10-9-11(10)15(20)18-5-7-21-8-6-18/h1-4,10-11H,5-9H2,(H,17,19). The monoisotopic (exact) mass is 308 g/mol. The number of morpholine rings is 1. The molecule has 2 atom stereocenters. The fourth-order valence-corrected chi connectivity index (χ4v) is 2.75. The number of ether oxygens (including phenoxy) is 1. The van der Waals surface area contributed by atoms with Gasteiger partial charge in [0.25, 0.3) is 0 Å². The van der Waals surface area contributed by atoms with Crippen LogP contribution < -0.4 is 5.32 Å². The predicted octanol–water partition coefficient (Wildman–Crippen LogP) is 1.77. The van der Waals surface area contributed by atoms with Crippen molar-refractivity contribution in [3.63, 3.8) is 0 Å². The molecule has 1 saturated heterocycles. The van der Waals surface area contributed by atoms with E-state index < -0.39 is 0 Å². The lowest BCUT2D eigenvalue weighted by atomic mass is 10.2. The summed E-state index contributed by atoms with van der Waals surface area (Å²) in [7, 11) is 0. The molecule has 2 amide bonds. The highest BCUT2D eigenvalue weighted by Crippen LogP contribution is 2.41. The van der Waals surface area contributed by atoms with Crippen LogP contribution in [0, 0.1) is 11.8 Å².